The topological polar surface area (TPSA) is 50.8 Å². The van der Waals surface area contributed by atoms with Crippen molar-refractivity contribution in [3.05, 3.63) is 0 Å². The number of hydrogen-bond donors (Lipinski definition) is 1. The standard InChI is InChI=1S/C11H22N2O3/c1-9-8-16-10(2)6-13(9)7-11(14)12-4-5-15-3/h9-10H,4-8H2,1-3H3,(H,12,14)/t9-,10+/m0/s1. The van der Waals surface area contributed by atoms with Gasteiger partial charge >= 0.3 is 0 Å². The molecule has 1 amide bonds. The second-order valence-corrected chi connectivity index (χ2v) is 4.27. The molecule has 16 heavy (non-hydrogen) atoms. The molecule has 5 heteroatoms. The number of ether oxygens (including phenoxy) is 2. The number of carbonyl (C=O) groups excluding carboxylic acids is 1. The van der Waals surface area contributed by atoms with E-state index in [1.54, 1.807) is 7.11 Å². The van der Waals surface area contributed by atoms with Gasteiger partial charge < -0.3 is 14.8 Å². The number of nitrogens with one attached hydrogen (secondary N) is 1. The smallest absolute Gasteiger partial charge is 0.234 e. The van der Waals surface area contributed by atoms with E-state index in [0.29, 0.717) is 32.3 Å². The molecule has 0 bridgehead atoms. The molecule has 0 spiro atoms. The molecule has 1 heterocycles. The summed E-state index contributed by atoms with van der Waals surface area (Å²) in [5.41, 5.74) is 0. The molecule has 0 unspecified atom stereocenters. The van der Waals surface area contributed by atoms with Crippen LogP contribution >= 0.6 is 0 Å². The molecule has 0 radical (unpaired) electrons. The van der Waals surface area contributed by atoms with E-state index in [9.17, 15) is 4.79 Å². The zero-order valence-corrected chi connectivity index (χ0v) is 10.4. The van der Waals surface area contributed by atoms with Gasteiger partial charge in [-0.2, -0.15) is 0 Å². The van der Waals surface area contributed by atoms with Crippen molar-refractivity contribution in [2.24, 2.45) is 0 Å². The Balaban J connectivity index is 2.25. The summed E-state index contributed by atoms with van der Waals surface area (Å²) < 4.78 is 10.4. The summed E-state index contributed by atoms with van der Waals surface area (Å²) in [7, 11) is 1.62. The first-order valence-electron chi connectivity index (χ1n) is 5.74. The molecular formula is C11H22N2O3. The van der Waals surface area contributed by atoms with E-state index in [1.165, 1.54) is 0 Å². The first kappa shape index (κ1) is 13.4. The quantitative estimate of drug-likeness (QED) is 0.668. The van der Waals surface area contributed by atoms with Gasteiger partial charge in [-0.15, -0.1) is 0 Å². The predicted octanol–water partition coefficient (Wildman–Crippen LogP) is -0.142. The van der Waals surface area contributed by atoms with E-state index in [0.717, 1.165) is 6.54 Å². The van der Waals surface area contributed by atoms with Gasteiger partial charge in [-0.25, -0.2) is 0 Å². The Bertz CT molecular complexity index is 223. The van der Waals surface area contributed by atoms with E-state index in [1.807, 2.05) is 6.92 Å². The van der Waals surface area contributed by atoms with E-state index in [-0.39, 0.29) is 12.0 Å². The van der Waals surface area contributed by atoms with Crippen LogP contribution < -0.4 is 5.32 Å². The van der Waals surface area contributed by atoms with Gasteiger partial charge in [-0.1, -0.05) is 0 Å². The highest BCUT2D eigenvalue weighted by molar-refractivity contribution is 5.78. The van der Waals surface area contributed by atoms with Crippen LogP contribution in [0.4, 0.5) is 0 Å². The molecule has 94 valence electrons. The highest BCUT2D eigenvalue weighted by Gasteiger charge is 2.24. The highest BCUT2D eigenvalue weighted by atomic mass is 16.5. The number of rotatable bonds is 5. The van der Waals surface area contributed by atoms with E-state index in [4.69, 9.17) is 9.47 Å². The molecule has 1 fully saturated rings. The van der Waals surface area contributed by atoms with Crippen molar-refractivity contribution in [3.63, 3.8) is 0 Å². The maximum absolute atomic E-state index is 11.6. The van der Waals surface area contributed by atoms with Crippen LogP contribution in [0.1, 0.15) is 13.8 Å². The van der Waals surface area contributed by atoms with Crippen molar-refractivity contribution in [1.82, 2.24) is 10.2 Å². The number of carbonyl (C=O) groups is 1. The third kappa shape index (κ3) is 4.47. The largest absolute Gasteiger partial charge is 0.383 e. The number of amides is 1. The molecule has 0 aliphatic carbocycles. The molecule has 0 aromatic carbocycles. The van der Waals surface area contributed by atoms with Crippen LogP contribution in [0.3, 0.4) is 0 Å². The number of morpholine rings is 1. The van der Waals surface area contributed by atoms with Crippen LogP contribution in [0.2, 0.25) is 0 Å². The lowest BCUT2D eigenvalue weighted by Gasteiger charge is -2.36. The first-order valence-corrected chi connectivity index (χ1v) is 5.74. The summed E-state index contributed by atoms with van der Waals surface area (Å²) in [4.78, 5) is 13.7. The summed E-state index contributed by atoms with van der Waals surface area (Å²) >= 11 is 0. The van der Waals surface area contributed by atoms with E-state index in [2.05, 4.69) is 17.1 Å². The first-order chi connectivity index (χ1) is 7.63. The molecule has 1 saturated heterocycles. The van der Waals surface area contributed by atoms with Gasteiger partial charge in [0.2, 0.25) is 5.91 Å². The van der Waals surface area contributed by atoms with Crippen molar-refractivity contribution in [2.75, 3.05) is 40.0 Å². The highest BCUT2D eigenvalue weighted by Crippen LogP contribution is 2.10. The summed E-state index contributed by atoms with van der Waals surface area (Å²) in [6.45, 7) is 7.20. The van der Waals surface area contributed by atoms with Crippen molar-refractivity contribution in [2.45, 2.75) is 26.0 Å². The average Bonchev–Trinajstić information content (AvgIpc) is 2.24. The summed E-state index contributed by atoms with van der Waals surface area (Å²) in [6, 6.07) is 0.310. The fourth-order valence-corrected chi connectivity index (χ4v) is 1.73. The second kappa shape index (κ2) is 6.83. The third-order valence-corrected chi connectivity index (χ3v) is 2.71. The van der Waals surface area contributed by atoms with Crippen LogP contribution in [-0.2, 0) is 14.3 Å². The fourth-order valence-electron chi connectivity index (χ4n) is 1.73. The van der Waals surface area contributed by atoms with E-state index < -0.39 is 0 Å². The maximum Gasteiger partial charge on any atom is 0.234 e. The monoisotopic (exact) mass is 230 g/mol. The second-order valence-electron chi connectivity index (χ2n) is 4.27. The lowest BCUT2D eigenvalue weighted by Crippen LogP contribution is -2.51. The molecular weight excluding hydrogens is 208 g/mol. The molecule has 5 nitrogen and oxygen atoms in total. The van der Waals surface area contributed by atoms with Gasteiger partial charge in [0.1, 0.15) is 0 Å². The zero-order chi connectivity index (χ0) is 12.0. The molecule has 0 aromatic rings. The Morgan fingerprint density at radius 3 is 3.00 bits per heavy atom. The number of methoxy groups -OCH3 is 1. The van der Waals surface area contributed by atoms with Crippen LogP contribution in [-0.4, -0.2) is 62.9 Å². The summed E-state index contributed by atoms with van der Waals surface area (Å²) in [5, 5.41) is 2.82. The lowest BCUT2D eigenvalue weighted by molar-refractivity contribution is -0.126. The van der Waals surface area contributed by atoms with Crippen molar-refractivity contribution >= 4 is 5.91 Å². The van der Waals surface area contributed by atoms with Crippen LogP contribution in [0, 0.1) is 0 Å². The normalized spacial score (nSPS) is 26.7. The minimum Gasteiger partial charge on any atom is -0.383 e. The maximum atomic E-state index is 11.6. The van der Waals surface area contributed by atoms with Gasteiger partial charge in [0.25, 0.3) is 0 Å². The summed E-state index contributed by atoms with van der Waals surface area (Å²) in [5.74, 6) is 0.0537. The van der Waals surface area contributed by atoms with Crippen LogP contribution in [0.5, 0.6) is 0 Å². The van der Waals surface area contributed by atoms with Gasteiger partial charge in [0.15, 0.2) is 0 Å². The molecule has 2 atom stereocenters. The predicted molar refractivity (Wildman–Crippen MR) is 61.3 cm³/mol. The Morgan fingerprint density at radius 2 is 2.31 bits per heavy atom. The fraction of sp³-hybridized carbons (Fsp3) is 0.909. The Kier molecular flexibility index (Phi) is 5.73. The van der Waals surface area contributed by atoms with Gasteiger partial charge in [0.05, 0.1) is 25.9 Å². The average molecular weight is 230 g/mol. The minimum atomic E-state index is 0.0537. The lowest BCUT2D eigenvalue weighted by atomic mass is 10.2. The molecule has 1 N–H and O–H groups in total. The molecule has 1 aliphatic rings. The SMILES string of the molecule is COCCNC(=O)CN1C[C@@H](C)OC[C@@H]1C. The third-order valence-electron chi connectivity index (χ3n) is 2.71. The molecule has 1 rings (SSSR count). The van der Waals surface area contributed by atoms with Gasteiger partial charge in [0, 0.05) is 26.2 Å². The van der Waals surface area contributed by atoms with Gasteiger partial charge in [-0.3, -0.25) is 9.69 Å². The Labute approximate surface area is 97.1 Å². The molecule has 0 saturated carbocycles. The van der Waals surface area contributed by atoms with E-state index >= 15 is 0 Å². The van der Waals surface area contributed by atoms with Crippen molar-refractivity contribution in [1.29, 1.82) is 0 Å². The van der Waals surface area contributed by atoms with Crippen molar-refractivity contribution < 1.29 is 14.3 Å². The molecule has 1 aliphatic heterocycles. The van der Waals surface area contributed by atoms with Crippen LogP contribution in [0.15, 0.2) is 0 Å². The number of hydrogen-bond acceptors (Lipinski definition) is 4. The van der Waals surface area contributed by atoms with Crippen LogP contribution in [0.25, 0.3) is 0 Å². The van der Waals surface area contributed by atoms with Crippen molar-refractivity contribution in [3.8, 4) is 0 Å². The Hall–Kier alpha value is -0.650. The minimum absolute atomic E-state index is 0.0537. The summed E-state index contributed by atoms with van der Waals surface area (Å²) in [6.07, 6.45) is 0.211. The zero-order valence-electron chi connectivity index (χ0n) is 10.4. The number of nitrogens with zero attached hydrogens (tertiary/aromatic N) is 1. The Morgan fingerprint density at radius 1 is 1.56 bits per heavy atom. The van der Waals surface area contributed by atoms with Gasteiger partial charge in [-0.05, 0) is 13.8 Å². The molecule has 0 aromatic heterocycles.